The number of unbranched alkanes of at least 4 members (excludes halogenated alkanes) is 1. The first-order valence-electron chi connectivity index (χ1n) is 6.85. The second-order valence-electron chi connectivity index (χ2n) is 4.59. The summed E-state index contributed by atoms with van der Waals surface area (Å²) in [6, 6.07) is 7.04. The Hall–Kier alpha value is -0.930. The van der Waals surface area contributed by atoms with Crippen molar-refractivity contribution in [3.8, 4) is 5.75 Å². The van der Waals surface area contributed by atoms with E-state index in [1.54, 1.807) is 36.1 Å². The van der Waals surface area contributed by atoms with Crippen LogP contribution in [0.25, 0.3) is 0 Å². The smallest absolute Gasteiger partial charge is 0.263 e. The average Bonchev–Trinajstić information content (AvgIpc) is 2.42. The zero-order chi connectivity index (χ0) is 15.0. The van der Waals surface area contributed by atoms with Crippen molar-refractivity contribution in [3.63, 3.8) is 0 Å². The van der Waals surface area contributed by atoms with Crippen LogP contribution in [0, 0.1) is 0 Å². The van der Waals surface area contributed by atoms with Crippen LogP contribution < -0.4 is 4.74 Å². The van der Waals surface area contributed by atoms with Crippen LogP contribution in [0.5, 0.6) is 5.75 Å². The molecular weight excluding hydrogens is 297 g/mol. The fourth-order valence-corrected chi connectivity index (χ4v) is 2.22. The van der Waals surface area contributed by atoms with E-state index < -0.39 is 6.10 Å². The molecule has 0 heterocycles. The van der Waals surface area contributed by atoms with E-state index in [2.05, 4.69) is 6.92 Å². The normalized spacial score (nSPS) is 12.0. The van der Waals surface area contributed by atoms with Gasteiger partial charge in [0.25, 0.3) is 5.91 Å². The first-order chi connectivity index (χ1) is 9.58. The molecule has 0 aromatic heterocycles. The Morgan fingerprint density at radius 2 is 2.15 bits per heavy atom. The Kier molecular flexibility index (Phi) is 7.78. The third-order valence-corrected chi connectivity index (χ3v) is 3.31. The predicted molar refractivity (Wildman–Crippen MR) is 83.8 cm³/mol. The van der Waals surface area contributed by atoms with Crippen molar-refractivity contribution in [3.05, 3.63) is 29.3 Å². The van der Waals surface area contributed by atoms with E-state index in [0.29, 0.717) is 29.7 Å². The first-order valence-corrected chi connectivity index (χ1v) is 7.76. The van der Waals surface area contributed by atoms with Crippen LogP contribution in [-0.4, -0.2) is 35.9 Å². The topological polar surface area (TPSA) is 29.5 Å². The van der Waals surface area contributed by atoms with Gasteiger partial charge in [-0.15, -0.1) is 11.6 Å². The van der Waals surface area contributed by atoms with Crippen LogP contribution in [0.2, 0.25) is 5.02 Å². The van der Waals surface area contributed by atoms with Gasteiger partial charge in [-0.1, -0.05) is 31.0 Å². The van der Waals surface area contributed by atoms with Crippen molar-refractivity contribution in [2.24, 2.45) is 0 Å². The molecule has 0 spiro atoms. The van der Waals surface area contributed by atoms with Crippen LogP contribution in [-0.2, 0) is 4.79 Å². The van der Waals surface area contributed by atoms with Crippen LogP contribution in [0.3, 0.4) is 0 Å². The maximum Gasteiger partial charge on any atom is 0.263 e. The quantitative estimate of drug-likeness (QED) is 0.679. The Labute approximate surface area is 130 Å². The molecule has 0 saturated heterocycles. The number of rotatable bonds is 8. The lowest BCUT2D eigenvalue weighted by atomic mass is 10.2. The highest BCUT2D eigenvalue weighted by atomic mass is 35.5. The molecule has 0 radical (unpaired) electrons. The van der Waals surface area contributed by atoms with E-state index in [9.17, 15) is 4.79 Å². The Morgan fingerprint density at radius 3 is 2.75 bits per heavy atom. The number of hydrogen-bond acceptors (Lipinski definition) is 2. The molecule has 1 amide bonds. The lowest BCUT2D eigenvalue weighted by molar-refractivity contribution is -0.137. The molecule has 1 aromatic rings. The lowest BCUT2D eigenvalue weighted by Crippen LogP contribution is -2.42. The van der Waals surface area contributed by atoms with Crippen molar-refractivity contribution in [2.45, 2.75) is 32.8 Å². The fourth-order valence-electron chi connectivity index (χ4n) is 1.84. The van der Waals surface area contributed by atoms with Crippen molar-refractivity contribution in [2.75, 3.05) is 19.0 Å². The summed E-state index contributed by atoms with van der Waals surface area (Å²) in [5, 5.41) is 0.589. The molecule has 20 heavy (non-hydrogen) atoms. The second-order valence-corrected chi connectivity index (χ2v) is 5.40. The van der Waals surface area contributed by atoms with Gasteiger partial charge in [-0.05, 0) is 31.5 Å². The molecule has 1 atom stereocenters. The van der Waals surface area contributed by atoms with Gasteiger partial charge in [-0.3, -0.25) is 4.79 Å². The van der Waals surface area contributed by atoms with Crippen LogP contribution in [0.4, 0.5) is 0 Å². The molecule has 0 fully saturated rings. The van der Waals surface area contributed by atoms with Gasteiger partial charge < -0.3 is 9.64 Å². The zero-order valence-electron chi connectivity index (χ0n) is 11.9. The SMILES string of the molecule is CCCCN(CCCl)C(=O)C(C)Oc1cccc(Cl)c1. The Balaban J connectivity index is 2.63. The molecule has 0 aliphatic rings. The molecular formula is C15H21Cl2NO2. The summed E-state index contributed by atoms with van der Waals surface area (Å²) in [7, 11) is 0. The number of halogens is 2. The summed E-state index contributed by atoms with van der Waals surface area (Å²) in [5.41, 5.74) is 0. The molecule has 3 nitrogen and oxygen atoms in total. The summed E-state index contributed by atoms with van der Waals surface area (Å²) in [4.78, 5) is 14.1. The van der Waals surface area contributed by atoms with Crippen molar-refractivity contribution in [1.29, 1.82) is 0 Å². The van der Waals surface area contributed by atoms with Crippen LogP contribution in [0.15, 0.2) is 24.3 Å². The van der Waals surface area contributed by atoms with E-state index in [4.69, 9.17) is 27.9 Å². The minimum atomic E-state index is -0.548. The fraction of sp³-hybridized carbons (Fsp3) is 0.533. The summed E-state index contributed by atoms with van der Waals surface area (Å²) < 4.78 is 5.65. The molecule has 0 saturated carbocycles. The molecule has 1 aromatic carbocycles. The minimum Gasteiger partial charge on any atom is -0.481 e. The molecule has 0 aliphatic heterocycles. The first kappa shape index (κ1) is 17.1. The Bertz CT molecular complexity index is 426. The van der Waals surface area contributed by atoms with Gasteiger partial charge in [0.1, 0.15) is 5.75 Å². The highest BCUT2D eigenvalue weighted by Gasteiger charge is 2.21. The summed E-state index contributed by atoms with van der Waals surface area (Å²) >= 11 is 11.6. The number of carbonyl (C=O) groups is 1. The van der Waals surface area contributed by atoms with Gasteiger partial charge in [-0.25, -0.2) is 0 Å². The number of nitrogens with zero attached hydrogens (tertiary/aromatic N) is 1. The number of hydrogen-bond donors (Lipinski definition) is 0. The van der Waals surface area contributed by atoms with Crippen LogP contribution >= 0.6 is 23.2 Å². The molecule has 0 N–H and O–H groups in total. The number of amides is 1. The molecule has 0 bridgehead atoms. The van der Waals surface area contributed by atoms with E-state index in [1.165, 1.54) is 0 Å². The van der Waals surface area contributed by atoms with E-state index in [-0.39, 0.29) is 5.91 Å². The monoisotopic (exact) mass is 317 g/mol. The molecule has 0 aliphatic carbocycles. The van der Waals surface area contributed by atoms with E-state index in [1.807, 2.05) is 0 Å². The lowest BCUT2D eigenvalue weighted by Gasteiger charge is -2.25. The van der Waals surface area contributed by atoms with Crippen LogP contribution in [0.1, 0.15) is 26.7 Å². The largest absolute Gasteiger partial charge is 0.481 e. The minimum absolute atomic E-state index is 0.0425. The number of benzene rings is 1. The number of carbonyl (C=O) groups excluding carboxylic acids is 1. The maximum atomic E-state index is 12.3. The van der Waals surface area contributed by atoms with Crippen molar-refractivity contribution < 1.29 is 9.53 Å². The van der Waals surface area contributed by atoms with Crippen molar-refractivity contribution >= 4 is 29.1 Å². The molecule has 112 valence electrons. The predicted octanol–water partition coefficient (Wildman–Crippen LogP) is 3.97. The molecule has 1 unspecified atom stereocenters. The van der Waals surface area contributed by atoms with Gasteiger partial charge in [0, 0.05) is 24.0 Å². The maximum absolute atomic E-state index is 12.3. The average molecular weight is 318 g/mol. The third-order valence-electron chi connectivity index (χ3n) is 2.90. The van der Waals surface area contributed by atoms with Crippen molar-refractivity contribution in [1.82, 2.24) is 4.90 Å². The highest BCUT2D eigenvalue weighted by molar-refractivity contribution is 6.30. The summed E-state index contributed by atoms with van der Waals surface area (Å²) in [6.07, 6.45) is 1.45. The standard InChI is InChI=1S/C15H21Cl2NO2/c1-3-4-9-18(10-8-16)15(19)12(2)20-14-7-5-6-13(17)11-14/h5-7,11-12H,3-4,8-10H2,1-2H3. The zero-order valence-corrected chi connectivity index (χ0v) is 13.5. The van der Waals surface area contributed by atoms with E-state index in [0.717, 1.165) is 12.8 Å². The molecule has 5 heteroatoms. The summed E-state index contributed by atoms with van der Waals surface area (Å²) in [6.45, 7) is 5.10. The molecule has 1 rings (SSSR count). The highest BCUT2D eigenvalue weighted by Crippen LogP contribution is 2.19. The van der Waals surface area contributed by atoms with Gasteiger partial charge in [-0.2, -0.15) is 0 Å². The third kappa shape index (κ3) is 5.59. The Morgan fingerprint density at radius 1 is 1.40 bits per heavy atom. The number of ether oxygens (including phenoxy) is 1. The van der Waals surface area contributed by atoms with Gasteiger partial charge in [0.2, 0.25) is 0 Å². The van der Waals surface area contributed by atoms with Gasteiger partial charge in [0.05, 0.1) is 0 Å². The van der Waals surface area contributed by atoms with Gasteiger partial charge >= 0.3 is 0 Å². The van der Waals surface area contributed by atoms with E-state index >= 15 is 0 Å². The summed E-state index contributed by atoms with van der Waals surface area (Å²) in [5.74, 6) is 0.984. The number of alkyl halides is 1. The van der Waals surface area contributed by atoms with Gasteiger partial charge in [0.15, 0.2) is 6.10 Å². The second kappa shape index (κ2) is 9.09.